The molecule has 3 aromatic rings. The third-order valence-corrected chi connectivity index (χ3v) is 7.92. The Hall–Kier alpha value is -3.57. The molecular formula is C23H25N5O5S. The van der Waals surface area contributed by atoms with Crippen LogP contribution in [0.1, 0.15) is 36.3 Å². The van der Waals surface area contributed by atoms with Crippen molar-refractivity contribution < 1.29 is 18.1 Å². The largest absolute Gasteiger partial charge is 0.307 e. The van der Waals surface area contributed by atoms with E-state index in [2.05, 4.69) is 5.10 Å². The smallest absolute Gasteiger partial charge is 0.278 e. The van der Waals surface area contributed by atoms with Crippen molar-refractivity contribution in [2.45, 2.75) is 31.6 Å². The highest BCUT2D eigenvalue weighted by Gasteiger charge is 2.28. The Balaban J connectivity index is 1.62. The molecule has 0 fully saturated rings. The van der Waals surface area contributed by atoms with Crippen LogP contribution in [0.3, 0.4) is 0 Å². The van der Waals surface area contributed by atoms with Crippen molar-refractivity contribution in [2.24, 2.45) is 0 Å². The van der Waals surface area contributed by atoms with Gasteiger partial charge in [0.05, 0.1) is 15.5 Å². The Labute approximate surface area is 197 Å². The van der Waals surface area contributed by atoms with Crippen LogP contribution in [-0.2, 0) is 16.4 Å². The second-order valence-corrected chi connectivity index (χ2v) is 9.80. The minimum Gasteiger partial charge on any atom is -0.307 e. The van der Waals surface area contributed by atoms with E-state index >= 15 is 0 Å². The Morgan fingerprint density at radius 2 is 1.91 bits per heavy atom. The van der Waals surface area contributed by atoms with Crippen LogP contribution in [0.2, 0.25) is 0 Å². The van der Waals surface area contributed by atoms with Gasteiger partial charge in [0.25, 0.3) is 11.6 Å². The molecule has 178 valence electrons. The van der Waals surface area contributed by atoms with Gasteiger partial charge in [-0.1, -0.05) is 19.9 Å². The van der Waals surface area contributed by atoms with E-state index in [1.807, 2.05) is 0 Å². The van der Waals surface area contributed by atoms with E-state index in [0.29, 0.717) is 43.9 Å². The number of aryl methyl sites for hydroxylation is 1. The number of hydrogen-bond donors (Lipinski definition) is 0. The Morgan fingerprint density at radius 1 is 1.15 bits per heavy atom. The summed E-state index contributed by atoms with van der Waals surface area (Å²) in [5.41, 5.74) is 2.06. The lowest BCUT2D eigenvalue weighted by Gasteiger charge is -2.29. The SMILES string of the molecule is CCN(CC)S(=O)(=O)c1ccc2c(c1)CCCN2C(=O)c1ccn(-c2cccc([N+](=O)[O-])c2)n1. The van der Waals surface area contributed by atoms with Crippen molar-refractivity contribution in [3.05, 3.63) is 76.1 Å². The minimum absolute atomic E-state index is 0.0682. The average Bonchev–Trinajstić information content (AvgIpc) is 3.34. The number of hydrogen-bond acceptors (Lipinski definition) is 6. The van der Waals surface area contributed by atoms with Gasteiger partial charge in [-0.05, 0) is 48.7 Å². The van der Waals surface area contributed by atoms with Crippen LogP contribution in [0.25, 0.3) is 5.69 Å². The van der Waals surface area contributed by atoms with Crippen LogP contribution < -0.4 is 4.90 Å². The molecule has 0 atom stereocenters. The lowest BCUT2D eigenvalue weighted by molar-refractivity contribution is -0.384. The highest BCUT2D eigenvalue weighted by atomic mass is 32.2. The zero-order valence-electron chi connectivity index (χ0n) is 18.9. The molecule has 0 N–H and O–H groups in total. The van der Waals surface area contributed by atoms with Crippen LogP contribution in [0.4, 0.5) is 11.4 Å². The van der Waals surface area contributed by atoms with E-state index in [4.69, 9.17) is 0 Å². The standard InChI is InChI=1S/C23H25N5O5S/c1-3-25(4-2)34(32,33)20-10-11-22-17(15-20)7-6-13-26(22)23(29)21-12-14-27(24-21)18-8-5-9-19(16-18)28(30)31/h5,8-12,14-16H,3-4,6-7,13H2,1-2H3. The summed E-state index contributed by atoms with van der Waals surface area (Å²) in [6.45, 7) is 4.85. The summed E-state index contributed by atoms with van der Waals surface area (Å²) in [6.07, 6.45) is 2.94. The molecule has 1 aliphatic heterocycles. The molecule has 11 heteroatoms. The number of non-ortho nitro benzene ring substituents is 1. The van der Waals surface area contributed by atoms with Gasteiger partial charge in [0, 0.05) is 43.7 Å². The van der Waals surface area contributed by atoms with E-state index in [-0.39, 0.29) is 22.2 Å². The number of carbonyl (C=O) groups is 1. The first-order chi connectivity index (χ1) is 16.3. The van der Waals surface area contributed by atoms with E-state index < -0.39 is 14.9 Å². The molecule has 34 heavy (non-hydrogen) atoms. The molecule has 10 nitrogen and oxygen atoms in total. The molecule has 2 aromatic carbocycles. The number of amides is 1. The van der Waals surface area contributed by atoms with E-state index in [1.165, 1.54) is 21.1 Å². The lowest BCUT2D eigenvalue weighted by Crippen LogP contribution is -2.36. The number of nitro benzene ring substituents is 1. The van der Waals surface area contributed by atoms with Gasteiger partial charge in [-0.2, -0.15) is 9.40 Å². The summed E-state index contributed by atoms with van der Waals surface area (Å²) in [4.78, 5) is 25.7. The number of fused-ring (bicyclic) bond motifs is 1. The minimum atomic E-state index is -3.60. The second-order valence-electron chi connectivity index (χ2n) is 7.86. The predicted molar refractivity (Wildman–Crippen MR) is 127 cm³/mol. The molecule has 0 radical (unpaired) electrons. The van der Waals surface area contributed by atoms with Crippen molar-refractivity contribution in [1.29, 1.82) is 0 Å². The van der Waals surface area contributed by atoms with Gasteiger partial charge in [-0.25, -0.2) is 13.1 Å². The van der Waals surface area contributed by atoms with E-state index in [0.717, 1.165) is 5.56 Å². The summed E-state index contributed by atoms with van der Waals surface area (Å²) in [6, 6.07) is 12.4. The highest BCUT2D eigenvalue weighted by molar-refractivity contribution is 7.89. The lowest BCUT2D eigenvalue weighted by atomic mass is 10.0. The molecule has 0 spiro atoms. The molecule has 0 saturated carbocycles. The zero-order chi connectivity index (χ0) is 24.5. The number of nitro groups is 1. The van der Waals surface area contributed by atoms with Gasteiger partial charge in [0.15, 0.2) is 5.69 Å². The second kappa shape index (κ2) is 9.35. The molecule has 0 unspecified atom stereocenters. The number of sulfonamides is 1. The molecule has 0 aliphatic carbocycles. The third kappa shape index (κ3) is 4.31. The summed E-state index contributed by atoms with van der Waals surface area (Å²) in [7, 11) is -3.60. The van der Waals surface area contributed by atoms with Crippen molar-refractivity contribution in [3.8, 4) is 5.69 Å². The number of nitrogens with zero attached hydrogens (tertiary/aromatic N) is 5. The van der Waals surface area contributed by atoms with Crippen LogP contribution in [0, 0.1) is 10.1 Å². The first kappa shape index (κ1) is 23.6. The number of carbonyl (C=O) groups excluding carboxylic acids is 1. The number of benzene rings is 2. The average molecular weight is 484 g/mol. The molecule has 1 aromatic heterocycles. The van der Waals surface area contributed by atoms with Gasteiger partial charge in [0.1, 0.15) is 0 Å². The fraction of sp³-hybridized carbons (Fsp3) is 0.304. The van der Waals surface area contributed by atoms with Gasteiger partial charge in [-0.3, -0.25) is 14.9 Å². The quantitative estimate of drug-likeness (QED) is 0.375. The van der Waals surface area contributed by atoms with Gasteiger partial charge in [-0.15, -0.1) is 0 Å². The van der Waals surface area contributed by atoms with Crippen LogP contribution in [-0.4, -0.2) is 53.0 Å². The van der Waals surface area contributed by atoms with E-state index in [9.17, 15) is 23.3 Å². The fourth-order valence-corrected chi connectivity index (χ4v) is 5.64. The van der Waals surface area contributed by atoms with Crippen molar-refractivity contribution in [1.82, 2.24) is 14.1 Å². The molecule has 0 bridgehead atoms. The maximum Gasteiger partial charge on any atom is 0.278 e. The van der Waals surface area contributed by atoms with Crippen molar-refractivity contribution >= 4 is 27.3 Å². The molecule has 1 amide bonds. The summed E-state index contributed by atoms with van der Waals surface area (Å²) in [5.74, 6) is -0.315. The van der Waals surface area contributed by atoms with Crippen LogP contribution in [0.5, 0.6) is 0 Å². The number of aromatic nitrogens is 2. The van der Waals surface area contributed by atoms with Gasteiger partial charge < -0.3 is 4.90 Å². The first-order valence-electron chi connectivity index (χ1n) is 11.0. The van der Waals surface area contributed by atoms with Gasteiger partial charge in [0.2, 0.25) is 10.0 Å². The predicted octanol–water partition coefficient (Wildman–Crippen LogP) is 3.40. The molecule has 4 rings (SSSR count). The summed E-state index contributed by atoms with van der Waals surface area (Å²) < 4.78 is 28.6. The summed E-state index contributed by atoms with van der Waals surface area (Å²) in [5, 5.41) is 15.4. The highest BCUT2D eigenvalue weighted by Crippen LogP contribution is 2.31. The third-order valence-electron chi connectivity index (χ3n) is 5.87. The molecular weight excluding hydrogens is 458 g/mol. The maximum absolute atomic E-state index is 13.3. The van der Waals surface area contributed by atoms with Crippen molar-refractivity contribution in [3.63, 3.8) is 0 Å². The Bertz CT molecular complexity index is 1350. The fourth-order valence-electron chi connectivity index (χ4n) is 4.13. The Morgan fingerprint density at radius 3 is 2.62 bits per heavy atom. The van der Waals surface area contributed by atoms with Crippen LogP contribution >= 0.6 is 0 Å². The van der Waals surface area contributed by atoms with E-state index in [1.54, 1.807) is 61.3 Å². The molecule has 1 aliphatic rings. The normalized spacial score (nSPS) is 13.7. The maximum atomic E-state index is 13.3. The number of anilines is 1. The summed E-state index contributed by atoms with van der Waals surface area (Å²) >= 11 is 0. The van der Waals surface area contributed by atoms with Gasteiger partial charge >= 0.3 is 0 Å². The monoisotopic (exact) mass is 483 g/mol. The molecule has 2 heterocycles. The Kier molecular flexibility index (Phi) is 6.49. The molecule has 0 saturated heterocycles. The number of rotatable bonds is 7. The van der Waals surface area contributed by atoms with Crippen molar-refractivity contribution in [2.75, 3.05) is 24.5 Å². The topological polar surface area (TPSA) is 119 Å². The van der Waals surface area contributed by atoms with Crippen LogP contribution in [0.15, 0.2) is 59.6 Å². The first-order valence-corrected chi connectivity index (χ1v) is 12.5. The zero-order valence-corrected chi connectivity index (χ0v) is 19.7.